The van der Waals surface area contributed by atoms with E-state index in [1.807, 2.05) is 0 Å². The molecule has 0 saturated heterocycles. The Morgan fingerprint density at radius 1 is 0.517 bits per heavy atom. The molecule has 0 aliphatic carbocycles. The van der Waals surface area contributed by atoms with Crippen molar-refractivity contribution in [2.75, 3.05) is 0 Å². The van der Waals surface area contributed by atoms with Crippen LogP contribution in [0.15, 0.2) is 35.5 Å². The van der Waals surface area contributed by atoms with Gasteiger partial charge in [0.2, 0.25) is 0 Å². The summed E-state index contributed by atoms with van der Waals surface area (Å²) in [6, 6.07) is 6.83. The van der Waals surface area contributed by atoms with E-state index in [2.05, 4.69) is 14.7 Å². The molecule has 1 rings (SSSR count). The first-order valence-electron chi connectivity index (χ1n) is 14.2. The number of nitrogens with zero attached hydrogens (tertiary/aromatic N) is 2. The Bertz CT molecular complexity index is 1600. The van der Waals surface area contributed by atoms with Gasteiger partial charge in [0.15, 0.2) is 5.71 Å². The molecule has 58 heavy (non-hydrogen) atoms. The van der Waals surface area contributed by atoms with Crippen molar-refractivity contribution in [1.82, 2.24) is 0 Å². The van der Waals surface area contributed by atoms with Crippen LogP contribution in [0, 0.1) is 11.3 Å². The normalized spacial score (nSPS) is 15.6. The van der Waals surface area contributed by atoms with Gasteiger partial charge in [-0.3, -0.25) is 4.84 Å². The van der Waals surface area contributed by atoms with E-state index in [1.54, 1.807) is 0 Å². The molecule has 0 aromatic heterocycles. The minimum absolute atomic E-state index is 0.294. The van der Waals surface area contributed by atoms with Crippen molar-refractivity contribution in [3.63, 3.8) is 0 Å². The molecule has 0 N–H and O–H groups in total. The molecule has 5 nitrogen and oxygen atoms in total. The number of carbonyl (C=O) groups excluding carboxylic acids is 1. The lowest BCUT2D eigenvalue weighted by atomic mass is 9.85. The van der Waals surface area contributed by atoms with Gasteiger partial charge in [-0.1, -0.05) is 35.5 Å². The molecular weight excluding hydrogens is 894 g/mol. The Hall–Kier alpha value is -4.17. The second-order valence-electron chi connectivity index (χ2n) is 11.8. The van der Waals surface area contributed by atoms with Gasteiger partial charge in [-0.25, -0.2) is 4.79 Å². The Balaban J connectivity index is 3.75. The number of hydrogen-bond donors (Lipinski definition) is 0. The maximum Gasteiger partial charge on any atom is 0.535 e. The first-order chi connectivity index (χ1) is 25.3. The van der Waals surface area contributed by atoms with Gasteiger partial charge in [0.05, 0.1) is 0 Å². The standard InChI is InChI=1S/C27H16F26N2O3/c1-15(57-14(56)58-55-13(11-54)12-5-3-2-4-6-12,7-9-16(28,29)18(32,33)20(36,37)22(40,41)24(44,45)26(48,49)50)8-10-17(30,31)19(34,35)21(38,39)23(42,43)25(46,47)27(51,52)53/h2-6H,7-10H2,1H3/b55-13-. The van der Waals surface area contributed by atoms with E-state index in [1.165, 1.54) is 12.1 Å². The van der Waals surface area contributed by atoms with Crippen molar-refractivity contribution >= 4 is 11.9 Å². The number of carbonyl (C=O) groups is 1. The molecule has 334 valence electrons. The number of ether oxygens (including phenoxy) is 1. The molecule has 31 heteroatoms. The second-order valence-corrected chi connectivity index (χ2v) is 11.8. The van der Waals surface area contributed by atoms with Crippen LogP contribution in [0.2, 0.25) is 0 Å². The molecule has 0 aliphatic rings. The Kier molecular flexibility index (Phi) is 13.8. The zero-order valence-electron chi connectivity index (χ0n) is 27.2. The third-order valence-electron chi connectivity index (χ3n) is 7.63. The minimum Gasteiger partial charge on any atom is -0.426 e. The van der Waals surface area contributed by atoms with Crippen LogP contribution in [0.5, 0.6) is 0 Å². The molecular formula is C27H16F26N2O3. The third-order valence-corrected chi connectivity index (χ3v) is 7.63. The molecule has 0 saturated carbocycles. The van der Waals surface area contributed by atoms with E-state index in [0.717, 1.165) is 24.3 Å². The van der Waals surface area contributed by atoms with Gasteiger partial charge in [-0.2, -0.15) is 119 Å². The predicted octanol–water partition coefficient (Wildman–Crippen LogP) is 11.9. The maximum atomic E-state index is 14.5. The lowest BCUT2D eigenvalue weighted by Crippen LogP contribution is -2.70. The lowest BCUT2D eigenvalue weighted by molar-refractivity contribution is -0.440. The molecule has 1 aromatic carbocycles. The van der Waals surface area contributed by atoms with Crippen LogP contribution in [-0.4, -0.2) is 89.0 Å². The highest BCUT2D eigenvalue weighted by atomic mass is 19.4. The summed E-state index contributed by atoms with van der Waals surface area (Å²) >= 11 is 0. The van der Waals surface area contributed by atoms with Crippen molar-refractivity contribution in [1.29, 1.82) is 5.26 Å². The molecule has 0 aliphatic heterocycles. The summed E-state index contributed by atoms with van der Waals surface area (Å²) in [6.45, 7) is -0.294. The topological polar surface area (TPSA) is 71.7 Å². The first kappa shape index (κ1) is 51.8. The average molecular weight is 910 g/mol. The van der Waals surface area contributed by atoms with Gasteiger partial charge in [-0.15, -0.1) is 0 Å². The number of halogens is 26. The number of benzene rings is 1. The van der Waals surface area contributed by atoms with Crippen molar-refractivity contribution in [2.45, 2.75) is 110 Å². The van der Waals surface area contributed by atoms with Crippen LogP contribution in [0.4, 0.5) is 119 Å². The summed E-state index contributed by atoms with van der Waals surface area (Å²) in [5.74, 6) is -81.0. The van der Waals surface area contributed by atoms with Crippen LogP contribution >= 0.6 is 0 Å². The minimum atomic E-state index is -8.49. The largest absolute Gasteiger partial charge is 0.535 e. The predicted molar refractivity (Wildman–Crippen MR) is 135 cm³/mol. The molecule has 0 unspecified atom stereocenters. The highest BCUT2D eigenvalue weighted by Crippen LogP contribution is 2.63. The van der Waals surface area contributed by atoms with Gasteiger partial charge >= 0.3 is 77.7 Å². The fraction of sp³-hybridized carbons (Fsp3) is 0.667. The quantitative estimate of drug-likeness (QED) is 0.0513. The number of hydrogen-bond acceptors (Lipinski definition) is 5. The van der Waals surface area contributed by atoms with Crippen molar-refractivity contribution < 1.29 is 129 Å². The summed E-state index contributed by atoms with van der Waals surface area (Å²) < 4.78 is 356. The number of rotatable bonds is 17. The number of alkyl halides is 26. The summed E-state index contributed by atoms with van der Waals surface area (Å²) in [7, 11) is 0. The zero-order valence-corrected chi connectivity index (χ0v) is 27.2. The number of oxime groups is 1. The molecule has 0 amide bonds. The fourth-order valence-corrected chi connectivity index (χ4v) is 4.02. The highest BCUT2D eigenvalue weighted by Gasteiger charge is 2.92. The van der Waals surface area contributed by atoms with Crippen LogP contribution in [-0.2, 0) is 9.57 Å². The van der Waals surface area contributed by atoms with E-state index in [9.17, 15) is 119 Å². The van der Waals surface area contributed by atoms with E-state index in [4.69, 9.17) is 5.26 Å². The van der Waals surface area contributed by atoms with E-state index < -0.39 is 115 Å². The Morgan fingerprint density at radius 2 is 0.828 bits per heavy atom. The monoisotopic (exact) mass is 910 g/mol. The fourth-order valence-electron chi connectivity index (χ4n) is 4.02. The average Bonchev–Trinajstić information content (AvgIpc) is 3.05. The van der Waals surface area contributed by atoms with Gasteiger partial charge in [0, 0.05) is 18.4 Å². The molecule has 0 heterocycles. The summed E-state index contributed by atoms with van der Waals surface area (Å²) in [6.07, 6.45) is -31.0. The highest BCUT2D eigenvalue weighted by molar-refractivity contribution is 6.11. The second kappa shape index (κ2) is 15.5. The van der Waals surface area contributed by atoms with E-state index in [-0.39, 0.29) is 12.5 Å². The number of nitriles is 1. The van der Waals surface area contributed by atoms with Crippen molar-refractivity contribution in [3.05, 3.63) is 35.9 Å². The summed E-state index contributed by atoms with van der Waals surface area (Å²) in [5, 5.41) is 11.8. The van der Waals surface area contributed by atoms with Gasteiger partial charge in [0.25, 0.3) is 0 Å². The van der Waals surface area contributed by atoms with Gasteiger partial charge in [-0.05, 0) is 19.8 Å². The summed E-state index contributed by atoms with van der Waals surface area (Å²) in [4.78, 5) is 16.1. The third kappa shape index (κ3) is 8.73. The maximum absolute atomic E-state index is 14.5. The van der Waals surface area contributed by atoms with Gasteiger partial charge < -0.3 is 4.74 Å². The van der Waals surface area contributed by atoms with Crippen molar-refractivity contribution in [3.8, 4) is 6.07 Å². The zero-order chi connectivity index (χ0) is 46.4. The van der Waals surface area contributed by atoms with Crippen LogP contribution in [0.1, 0.15) is 38.2 Å². The van der Waals surface area contributed by atoms with Crippen LogP contribution in [0.3, 0.4) is 0 Å². The van der Waals surface area contributed by atoms with Crippen LogP contribution in [0.25, 0.3) is 0 Å². The molecule has 0 atom stereocenters. The van der Waals surface area contributed by atoms with E-state index in [0.29, 0.717) is 0 Å². The molecule has 0 spiro atoms. The lowest BCUT2D eigenvalue weighted by Gasteiger charge is -2.41. The van der Waals surface area contributed by atoms with Crippen LogP contribution < -0.4 is 0 Å². The molecule has 1 aromatic rings. The van der Waals surface area contributed by atoms with E-state index >= 15 is 0 Å². The molecule has 0 fully saturated rings. The smallest absolute Gasteiger partial charge is 0.426 e. The summed E-state index contributed by atoms with van der Waals surface area (Å²) in [5.41, 5.74) is -5.31. The Labute approximate surface area is 303 Å². The molecule has 0 bridgehead atoms. The van der Waals surface area contributed by atoms with Gasteiger partial charge in [0.1, 0.15) is 11.7 Å². The molecule has 0 radical (unpaired) electrons. The SMILES string of the molecule is CC(CCC(F)(F)C(F)(F)C(F)(F)C(F)(F)C(F)(F)C(F)(F)F)(CCC(F)(F)C(F)(F)C(F)(F)C(F)(F)C(F)(F)C(F)(F)F)OC(=O)O/N=C(/C#N)c1ccccc1. The Morgan fingerprint density at radius 3 is 1.12 bits per heavy atom. The van der Waals surface area contributed by atoms with Crippen molar-refractivity contribution in [2.24, 2.45) is 5.16 Å². The first-order valence-corrected chi connectivity index (χ1v) is 14.2.